The second-order valence-corrected chi connectivity index (χ2v) is 4.21. The van der Waals surface area contributed by atoms with Crippen LogP contribution in [0.4, 0.5) is 0 Å². The lowest BCUT2D eigenvalue weighted by Gasteiger charge is -2.08. The highest BCUT2D eigenvalue weighted by atomic mass is 16.3. The summed E-state index contributed by atoms with van der Waals surface area (Å²) >= 11 is 0. The SMILES string of the molecule is CC(C)NCc1cccc(-c2ccco2)c1. The van der Waals surface area contributed by atoms with Crippen molar-refractivity contribution in [3.63, 3.8) is 0 Å². The molecule has 1 heterocycles. The molecule has 0 spiro atoms. The lowest BCUT2D eigenvalue weighted by molar-refractivity contribution is 0.580. The van der Waals surface area contributed by atoms with Crippen molar-refractivity contribution < 1.29 is 4.42 Å². The van der Waals surface area contributed by atoms with E-state index in [0.717, 1.165) is 17.9 Å². The summed E-state index contributed by atoms with van der Waals surface area (Å²) in [5.41, 5.74) is 2.41. The Bertz CT molecular complexity index is 432. The predicted octanol–water partition coefficient (Wildman–Crippen LogP) is 3.44. The quantitative estimate of drug-likeness (QED) is 0.845. The van der Waals surface area contributed by atoms with Crippen LogP contribution in [-0.4, -0.2) is 6.04 Å². The molecule has 1 aromatic heterocycles. The molecule has 0 fully saturated rings. The summed E-state index contributed by atoms with van der Waals surface area (Å²) in [6.45, 7) is 5.19. The van der Waals surface area contributed by atoms with Gasteiger partial charge in [0.15, 0.2) is 0 Å². The fraction of sp³-hybridized carbons (Fsp3) is 0.286. The lowest BCUT2D eigenvalue weighted by atomic mass is 10.1. The first-order valence-corrected chi connectivity index (χ1v) is 5.62. The molecule has 0 bridgehead atoms. The van der Waals surface area contributed by atoms with Gasteiger partial charge in [-0.1, -0.05) is 32.0 Å². The highest BCUT2D eigenvalue weighted by Crippen LogP contribution is 2.20. The number of furan rings is 1. The maximum atomic E-state index is 5.38. The van der Waals surface area contributed by atoms with Gasteiger partial charge in [-0.05, 0) is 23.8 Å². The molecule has 16 heavy (non-hydrogen) atoms. The van der Waals surface area contributed by atoms with Crippen LogP contribution >= 0.6 is 0 Å². The summed E-state index contributed by atoms with van der Waals surface area (Å²) in [5, 5.41) is 3.40. The summed E-state index contributed by atoms with van der Waals surface area (Å²) in [5.74, 6) is 0.923. The highest BCUT2D eigenvalue weighted by molar-refractivity contribution is 5.58. The van der Waals surface area contributed by atoms with Gasteiger partial charge in [-0.25, -0.2) is 0 Å². The van der Waals surface area contributed by atoms with E-state index in [9.17, 15) is 0 Å². The third-order valence-electron chi connectivity index (χ3n) is 2.45. The molecule has 1 N–H and O–H groups in total. The summed E-state index contributed by atoms with van der Waals surface area (Å²) < 4.78 is 5.38. The van der Waals surface area contributed by atoms with Gasteiger partial charge < -0.3 is 9.73 Å². The Morgan fingerprint density at radius 1 is 1.19 bits per heavy atom. The first kappa shape index (κ1) is 11.0. The standard InChI is InChI=1S/C14H17NO/c1-11(2)15-10-12-5-3-6-13(9-12)14-7-4-8-16-14/h3-9,11,15H,10H2,1-2H3. The molecular weight excluding hydrogens is 198 g/mol. The smallest absolute Gasteiger partial charge is 0.133 e. The van der Waals surface area contributed by atoms with Gasteiger partial charge in [0.25, 0.3) is 0 Å². The van der Waals surface area contributed by atoms with Crippen molar-refractivity contribution in [2.75, 3.05) is 0 Å². The van der Waals surface area contributed by atoms with E-state index >= 15 is 0 Å². The van der Waals surface area contributed by atoms with Crippen LogP contribution in [0.2, 0.25) is 0 Å². The molecule has 2 nitrogen and oxygen atoms in total. The van der Waals surface area contributed by atoms with Crippen LogP contribution in [0.3, 0.4) is 0 Å². The van der Waals surface area contributed by atoms with Gasteiger partial charge in [-0.2, -0.15) is 0 Å². The topological polar surface area (TPSA) is 25.2 Å². The summed E-state index contributed by atoms with van der Waals surface area (Å²) in [4.78, 5) is 0. The highest BCUT2D eigenvalue weighted by Gasteiger charge is 2.01. The number of hydrogen-bond donors (Lipinski definition) is 1. The fourth-order valence-electron chi connectivity index (χ4n) is 1.60. The van der Waals surface area contributed by atoms with Crippen molar-refractivity contribution in [3.8, 4) is 11.3 Å². The minimum atomic E-state index is 0.507. The first-order chi connectivity index (χ1) is 7.75. The van der Waals surface area contributed by atoms with Gasteiger partial charge in [0, 0.05) is 18.2 Å². The Morgan fingerprint density at radius 2 is 2.06 bits per heavy atom. The molecule has 0 aliphatic rings. The van der Waals surface area contributed by atoms with Crippen LogP contribution in [0.15, 0.2) is 47.1 Å². The Labute approximate surface area is 96.3 Å². The van der Waals surface area contributed by atoms with E-state index in [0.29, 0.717) is 6.04 Å². The molecule has 0 saturated carbocycles. The van der Waals surface area contributed by atoms with E-state index in [4.69, 9.17) is 4.42 Å². The van der Waals surface area contributed by atoms with Crippen molar-refractivity contribution in [1.29, 1.82) is 0 Å². The Morgan fingerprint density at radius 3 is 2.75 bits per heavy atom. The second kappa shape index (κ2) is 4.99. The number of rotatable bonds is 4. The molecule has 0 aliphatic heterocycles. The molecule has 84 valence electrons. The van der Waals surface area contributed by atoms with E-state index in [2.05, 4.69) is 43.4 Å². The van der Waals surface area contributed by atoms with Crippen LogP contribution in [-0.2, 0) is 6.54 Å². The zero-order chi connectivity index (χ0) is 11.4. The molecule has 2 rings (SSSR count). The predicted molar refractivity (Wildman–Crippen MR) is 66.1 cm³/mol. The van der Waals surface area contributed by atoms with Gasteiger partial charge in [-0.15, -0.1) is 0 Å². The third-order valence-corrected chi connectivity index (χ3v) is 2.45. The minimum Gasteiger partial charge on any atom is -0.464 e. The van der Waals surface area contributed by atoms with Gasteiger partial charge >= 0.3 is 0 Å². The monoisotopic (exact) mass is 215 g/mol. The second-order valence-electron chi connectivity index (χ2n) is 4.21. The van der Waals surface area contributed by atoms with Gasteiger partial charge in [0.2, 0.25) is 0 Å². The molecule has 2 heteroatoms. The van der Waals surface area contributed by atoms with E-state index in [1.54, 1.807) is 6.26 Å². The van der Waals surface area contributed by atoms with Gasteiger partial charge in [0.05, 0.1) is 6.26 Å². The van der Waals surface area contributed by atoms with Crippen LogP contribution in [0.25, 0.3) is 11.3 Å². The summed E-state index contributed by atoms with van der Waals surface area (Å²) in [7, 11) is 0. The number of hydrogen-bond acceptors (Lipinski definition) is 2. The van der Waals surface area contributed by atoms with Crippen LogP contribution < -0.4 is 5.32 Å². The largest absolute Gasteiger partial charge is 0.464 e. The van der Waals surface area contributed by atoms with Crippen LogP contribution in [0.1, 0.15) is 19.4 Å². The number of benzene rings is 1. The van der Waals surface area contributed by atoms with Crippen LogP contribution in [0, 0.1) is 0 Å². The van der Waals surface area contributed by atoms with Crippen molar-refractivity contribution in [2.24, 2.45) is 0 Å². The van der Waals surface area contributed by atoms with E-state index in [-0.39, 0.29) is 0 Å². The van der Waals surface area contributed by atoms with E-state index in [1.807, 2.05) is 12.1 Å². The lowest BCUT2D eigenvalue weighted by Crippen LogP contribution is -2.21. The van der Waals surface area contributed by atoms with Crippen LogP contribution in [0.5, 0.6) is 0 Å². The molecule has 1 aromatic carbocycles. The van der Waals surface area contributed by atoms with Crippen molar-refractivity contribution >= 4 is 0 Å². The molecule has 0 atom stereocenters. The Kier molecular flexibility index (Phi) is 3.42. The van der Waals surface area contributed by atoms with E-state index < -0.39 is 0 Å². The summed E-state index contributed by atoms with van der Waals surface area (Å²) in [6.07, 6.45) is 1.70. The molecule has 0 unspecified atom stereocenters. The average molecular weight is 215 g/mol. The average Bonchev–Trinajstić information content (AvgIpc) is 2.80. The summed E-state index contributed by atoms with van der Waals surface area (Å²) in [6, 6.07) is 12.8. The number of nitrogens with one attached hydrogen (secondary N) is 1. The molecule has 0 saturated heterocycles. The van der Waals surface area contributed by atoms with Gasteiger partial charge in [0.1, 0.15) is 5.76 Å². The van der Waals surface area contributed by atoms with E-state index in [1.165, 1.54) is 5.56 Å². The van der Waals surface area contributed by atoms with Crippen molar-refractivity contribution in [3.05, 3.63) is 48.2 Å². The van der Waals surface area contributed by atoms with Gasteiger partial charge in [-0.3, -0.25) is 0 Å². The third kappa shape index (κ3) is 2.74. The van der Waals surface area contributed by atoms with Crippen molar-refractivity contribution in [1.82, 2.24) is 5.32 Å². The normalized spacial score (nSPS) is 10.9. The zero-order valence-corrected chi connectivity index (χ0v) is 9.73. The molecule has 2 aromatic rings. The Hall–Kier alpha value is -1.54. The molecule has 0 aliphatic carbocycles. The molecule has 0 radical (unpaired) electrons. The molecule has 0 amide bonds. The Balaban J connectivity index is 2.14. The molecular formula is C14H17NO. The fourth-order valence-corrected chi connectivity index (χ4v) is 1.60. The van der Waals surface area contributed by atoms with Crippen molar-refractivity contribution in [2.45, 2.75) is 26.4 Å². The minimum absolute atomic E-state index is 0.507. The maximum Gasteiger partial charge on any atom is 0.133 e. The first-order valence-electron chi connectivity index (χ1n) is 5.62. The maximum absolute atomic E-state index is 5.38. The zero-order valence-electron chi connectivity index (χ0n) is 9.73.